The van der Waals surface area contributed by atoms with Gasteiger partial charge in [-0.3, -0.25) is 0 Å². The summed E-state index contributed by atoms with van der Waals surface area (Å²) in [4.78, 5) is 11.5. The number of carbonyl (C=O) groups is 1. The van der Waals surface area contributed by atoms with Crippen molar-refractivity contribution in [2.24, 2.45) is 4.40 Å². The molecule has 1 heterocycles. The summed E-state index contributed by atoms with van der Waals surface area (Å²) < 4.78 is 44.8. The van der Waals surface area contributed by atoms with Crippen LogP contribution in [0.4, 0.5) is 13.2 Å². The summed E-state index contributed by atoms with van der Waals surface area (Å²) in [7, 11) is 0. The molecule has 0 saturated carbocycles. The van der Waals surface area contributed by atoms with Crippen LogP contribution in [-0.2, 0) is 4.75 Å². The average Bonchev–Trinajstić information content (AvgIpc) is 3.17. The van der Waals surface area contributed by atoms with Gasteiger partial charge >= 0.3 is 12.1 Å². The van der Waals surface area contributed by atoms with E-state index in [1.165, 1.54) is 12.1 Å². The zero-order valence-electron chi connectivity index (χ0n) is 15.3. The summed E-state index contributed by atoms with van der Waals surface area (Å²) in [5.74, 6) is -1.12. The first-order chi connectivity index (χ1) is 14.5. The van der Waals surface area contributed by atoms with E-state index in [1.54, 1.807) is 24.3 Å². The minimum atomic E-state index is -4.68. The van der Waals surface area contributed by atoms with Gasteiger partial charge in [0.15, 0.2) is 4.75 Å². The van der Waals surface area contributed by atoms with Gasteiger partial charge in [-0.15, -0.1) is 0 Å². The van der Waals surface area contributed by atoms with Crippen LogP contribution in [0.5, 0.6) is 0 Å². The summed E-state index contributed by atoms with van der Waals surface area (Å²) in [6.45, 7) is 0. The summed E-state index contributed by atoms with van der Waals surface area (Å²) in [6.07, 6.45) is -5.16. The Bertz CT molecular complexity index is 1240. The predicted octanol–water partition coefficient (Wildman–Crippen LogP) is 7.80. The van der Waals surface area contributed by atoms with E-state index >= 15 is 0 Å². The first-order valence-electron chi connectivity index (χ1n) is 8.77. The minimum Gasteiger partial charge on any atom is -0.478 e. The van der Waals surface area contributed by atoms with E-state index in [0.29, 0.717) is 28.3 Å². The van der Waals surface area contributed by atoms with Gasteiger partial charge in [0.2, 0.25) is 0 Å². The molecule has 1 N–H and O–H groups in total. The maximum Gasteiger partial charge on any atom is 0.409 e. The van der Waals surface area contributed by atoms with Gasteiger partial charge in [0.25, 0.3) is 0 Å². The number of carboxylic acids is 1. The fourth-order valence-electron chi connectivity index (χ4n) is 3.57. The normalized spacial score (nSPS) is 19.0. The Morgan fingerprint density at radius 1 is 1.03 bits per heavy atom. The third-order valence-corrected chi connectivity index (χ3v) is 7.53. The van der Waals surface area contributed by atoms with E-state index in [-0.39, 0.29) is 31.9 Å². The van der Waals surface area contributed by atoms with Crippen molar-refractivity contribution in [2.45, 2.75) is 17.3 Å². The molecule has 1 unspecified atom stereocenters. The van der Waals surface area contributed by atoms with E-state index in [2.05, 4.69) is 4.40 Å². The van der Waals surface area contributed by atoms with Gasteiger partial charge in [-0.25, -0.2) is 9.19 Å². The van der Waals surface area contributed by atoms with Gasteiger partial charge in [0.05, 0.1) is 26.3 Å². The third-order valence-electron chi connectivity index (χ3n) is 5.10. The molecule has 4 rings (SSSR count). The van der Waals surface area contributed by atoms with Gasteiger partial charge in [-0.05, 0) is 46.5 Å². The van der Waals surface area contributed by atoms with Crippen molar-refractivity contribution in [1.29, 1.82) is 0 Å². The molecular weight excluding hydrogens is 494 g/mol. The van der Waals surface area contributed by atoms with Gasteiger partial charge in [-0.2, -0.15) is 13.2 Å². The van der Waals surface area contributed by atoms with Crippen LogP contribution in [0.25, 0.3) is 10.8 Å². The average molecular weight is 505 g/mol. The minimum absolute atomic E-state index is 0.0243. The van der Waals surface area contributed by atoms with Crippen molar-refractivity contribution in [1.82, 2.24) is 0 Å². The fraction of sp³-hybridized carbons (Fsp3) is 0.143. The van der Waals surface area contributed by atoms with Crippen molar-refractivity contribution in [2.75, 3.05) is 0 Å². The largest absolute Gasteiger partial charge is 0.478 e. The van der Waals surface area contributed by atoms with E-state index < -0.39 is 23.3 Å². The molecule has 0 saturated heterocycles. The summed E-state index contributed by atoms with van der Waals surface area (Å²) in [5.41, 5.74) is 0.529. The van der Waals surface area contributed by atoms with Crippen LogP contribution in [0.2, 0.25) is 15.1 Å². The van der Waals surface area contributed by atoms with Crippen LogP contribution in [0, 0.1) is 0 Å². The molecule has 0 aromatic heterocycles. The highest BCUT2D eigenvalue weighted by atomic mass is 35.5. The highest BCUT2D eigenvalue weighted by Crippen LogP contribution is 2.57. The molecule has 0 amide bonds. The number of alkyl halides is 3. The lowest BCUT2D eigenvalue weighted by atomic mass is 9.87. The number of hydrogen-bond donors (Lipinski definition) is 1. The smallest absolute Gasteiger partial charge is 0.409 e. The molecule has 0 spiro atoms. The first-order valence-corrected chi connectivity index (χ1v) is 10.7. The summed E-state index contributed by atoms with van der Waals surface area (Å²) >= 11 is 18.3. The number of aromatic carboxylic acids is 1. The van der Waals surface area contributed by atoms with Gasteiger partial charge in [0, 0.05) is 12.0 Å². The molecule has 160 valence electrons. The van der Waals surface area contributed by atoms with Crippen LogP contribution in [0.15, 0.2) is 52.9 Å². The van der Waals surface area contributed by atoms with Crippen LogP contribution in [0.1, 0.15) is 27.9 Å². The fourth-order valence-corrected chi connectivity index (χ4v) is 5.13. The monoisotopic (exact) mass is 503 g/mol. The Balaban J connectivity index is 1.85. The Labute approximate surface area is 194 Å². The molecular formula is C21H11Cl3F3NO2S. The molecule has 31 heavy (non-hydrogen) atoms. The molecule has 0 aliphatic carbocycles. The third kappa shape index (κ3) is 3.67. The molecule has 0 fully saturated rings. The SMILES string of the molecule is O=C(O)c1ccc(C2=NSC(c3cc(Cl)c(Cl)c(Cl)c3)(C(F)(F)F)C2)c2ccccc12. The van der Waals surface area contributed by atoms with Crippen LogP contribution < -0.4 is 0 Å². The molecule has 0 bridgehead atoms. The van der Waals surface area contributed by atoms with Crippen molar-refractivity contribution in [3.8, 4) is 0 Å². The Kier molecular flexibility index (Phi) is 5.67. The maximum atomic E-state index is 14.3. The number of fused-ring (bicyclic) bond motifs is 1. The molecule has 3 aromatic rings. The zero-order chi connectivity index (χ0) is 22.6. The van der Waals surface area contributed by atoms with Crippen LogP contribution in [-0.4, -0.2) is 23.0 Å². The molecule has 1 atom stereocenters. The number of benzene rings is 3. The second kappa shape index (κ2) is 7.89. The lowest BCUT2D eigenvalue weighted by molar-refractivity contribution is -0.159. The van der Waals surface area contributed by atoms with Crippen molar-refractivity contribution < 1.29 is 23.1 Å². The number of hydrogen-bond acceptors (Lipinski definition) is 3. The summed E-state index contributed by atoms with van der Waals surface area (Å²) in [6, 6.07) is 11.8. The second-order valence-electron chi connectivity index (χ2n) is 6.90. The van der Waals surface area contributed by atoms with Crippen molar-refractivity contribution in [3.05, 3.63) is 80.3 Å². The zero-order valence-corrected chi connectivity index (χ0v) is 18.4. The lowest BCUT2D eigenvalue weighted by Crippen LogP contribution is -2.38. The van der Waals surface area contributed by atoms with E-state index in [9.17, 15) is 23.1 Å². The number of rotatable bonds is 3. The topological polar surface area (TPSA) is 49.7 Å². The molecule has 0 radical (unpaired) electrons. The summed E-state index contributed by atoms with van der Waals surface area (Å²) in [5, 5.41) is 10.2. The predicted molar refractivity (Wildman–Crippen MR) is 119 cm³/mol. The van der Waals surface area contributed by atoms with E-state index in [4.69, 9.17) is 34.8 Å². The second-order valence-corrected chi connectivity index (χ2v) is 9.15. The molecule has 1 aliphatic rings. The molecule has 1 aliphatic heterocycles. The van der Waals surface area contributed by atoms with Crippen LogP contribution >= 0.6 is 46.8 Å². The van der Waals surface area contributed by atoms with Gasteiger partial charge < -0.3 is 5.11 Å². The Morgan fingerprint density at radius 2 is 1.65 bits per heavy atom. The highest BCUT2D eigenvalue weighted by Gasteiger charge is 2.60. The number of halogens is 6. The van der Waals surface area contributed by atoms with Gasteiger partial charge in [0.1, 0.15) is 0 Å². The van der Waals surface area contributed by atoms with E-state index in [0.717, 1.165) is 12.1 Å². The molecule has 3 aromatic carbocycles. The highest BCUT2D eigenvalue weighted by molar-refractivity contribution is 7.99. The molecule has 10 heteroatoms. The number of nitrogens with zero attached hydrogens (tertiary/aromatic N) is 1. The van der Waals surface area contributed by atoms with Crippen LogP contribution in [0.3, 0.4) is 0 Å². The lowest BCUT2D eigenvalue weighted by Gasteiger charge is -2.30. The van der Waals surface area contributed by atoms with Crippen molar-refractivity contribution in [3.63, 3.8) is 0 Å². The quantitative estimate of drug-likeness (QED) is 0.292. The van der Waals surface area contributed by atoms with Gasteiger partial charge in [-0.1, -0.05) is 65.1 Å². The standard InChI is InChI=1S/C21H11Cl3F3NO2S/c22-15-7-10(8-16(23)18(15)24)20(21(25,26)27)9-17(28-31-20)13-5-6-14(19(29)30)12-4-2-1-3-11(12)13/h1-8H,9H2,(H,29,30). The number of carboxylic acid groups (broad SMARTS) is 1. The van der Waals surface area contributed by atoms with E-state index in [1.807, 2.05) is 0 Å². The Hall–Kier alpha value is -1.93. The van der Waals surface area contributed by atoms with Crippen molar-refractivity contribution >= 4 is 69.2 Å². The maximum absolute atomic E-state index is 14.3. The first kappa shape index (κ1) is 22.3. The molecule has 3 nitrogen and oxygen atoms in total. The Morgan fingerprint density at radius 3 is 2.23 bits per heavy atom.